The van der Waals surface area contributed by atoms with Gasteiger partial charge in [0.15, 0.2) is 6.61 Å². The van der Waals surface area contributed by atoms with Crippen LogP contribution in [0, 0.1) is 6.92 Å². The predicted octanol–water partition coefficient (Wildman–Crippen LogP) is 4.42. The quantitative estimate of drug-likeness (QED) is 0.540. The number of anilines is 1. The number of carbonyl (C=O) groups is 2. The lowest BCUT2D eigenvalue weighted by Crippen LogP contribution is -2.29. The number of methoxy groups -OCH3 is 1. The average Bonchev–Trinajstić information content (AvgIpc) is 3.15. The Morgan fingerprint density at radius 3 is 2.56 bits per heavy atom. The maximum Gasteiger partial charge on any atom is 0.341 e. The fourth-order valence-corrected chi connectivity index (χ4v) is 5.08. The molecule has 3 aromatic rings. The Hall–Kier alpha value is -3.16. The average molecular weight is 451 g/mol. The van der Waals surface area contributed by atoms with Crippen LogP contribution in [0.25, 0.3) is 0 Å². The molecule has 0 spiro atoms. The van der Waals surface area contributed by atoms with Gasteiger partial charge in [-0.05, 0) is 36.6 Å². The van der Waals surface area contributed by atoms with Crippen LogP contribution in [-0.4, -0.2) is 37.0 Å². The van der Waals surface area contributed by atoms with E-state index < -0.39 is 5.97 Å². The fourth-order valence-electron chi connectivity index (χ4n) is 3.79. The van der Waals surface area contributed by atoms with Gasteiger partial charge in [0.2, 0.25) is 0 Å². The molecule has 166 valence electrons. The van der Waals surface area contributed by atoms with Crippen LogP contribution in [0.4, 0.5) is 5.00 Å². The van der Waals surface area contributed by atoms with E-state index in [0.717, 1.165) is 42.1 Å². The summed E-state index contributed by atoms with van der Waals surface area (Å²) in [7, 11) is 1.36. The Bertz CT molecular complexity index is 1090. The van der Waals surface area contributed by atoms with Crippen LogP contribution in [-0.2, 0) is 29.0 Å². The number of hydrogen-bond donors (Lipinski definition) is 1. The second-order valence-corrected chi connectivity index (χ2v) is 8.90. The van der Waals surface area contributed by atoms with Gasteiger partial charge in [0.1, 0.15) is 10.8 Å². The number of ether oxygens (including phenoxy) is 2. The predicted molar refractivity (Wildman–Crippen MR) is 125 cm³/mol. The third kappa shape index (κ3) is 5.18. The van der Waals surface area contributed by atoms with Crippen LogP contribution in [0.5, 0.6) is 5.75 Å². The number of hydrogen-bond acceptors (Lipinski definition) is 6. The zero-order valence-corrected chi connectivity index (χ0v) is 19.0. The summed E-state index contributed by atoms with van der Waals surface area (Å²) < 4.78 is 10.6. The molecule has 2 heterocycles. The van der Waals surface area contributed by atoms with Crippen molar-refractivity contribution < 1.29 is 19.1 Å². The summed E-state index contributed by atoms with van der Waals surface area (Å²) in [5.74, 6) is -0.106. The molecular formula is C25H26N2O4S. The first-order valence-electron chi connectivity index (χ1n) is 10.5. The van der Waals surface area contributed by atoms with Gasteiger partial charge in [-0.1, -0.05) is 48.0 Å². The topological polar surface area (TPSA) is 67.9 Å². The lowest BCUT2D eigenvalue weighted by atomic mass is 10.0. The first kappa shape index (κ1) is 22.0. The van der Waals surface area contributed by atoms with Gasteiger partial charge in [0.05, 0.1) is 12.7 Å². The Kier molecular flexibility index (Phi) is 6.87. The Morgan fingerprint density at radius 1 is 1.09 bits per heavy atom. The van der Waals surface area contributed by atoms with E-state index in [4.69, 9.17) is 9.47 Å². The van der Waals surface area contributed by atoms with Gasteiger partial charge in [0.25, 0.3) is 5.91 Å². The molecule has 0 radical (unpaired) electrons. The summed E-state index contributed by atoms with van der Waals surface area (Å²) in [5, 5.41) is 3.39. The number of aryl methyl sites for hydroxylation is 1. The molecule has 1 aliphatic heterocycles. The monoisotopic (exact) mass is 450 g/mol. The maximum atomic E-state index is 12.5. The minimum Gasteiger partial charge on any atom is -0.484 e. The molecule has 6 nitrogen and oxygen atoms in total. The molecule has 0 saturated heterocycles. The number of carbonyl (C=O) groups excluding carboxylic acids is 2. The summed E-state index contributed by atoms with van der Waals surface area (Å²) in [6.07, 6.45) is 0.735. The molecule has 32 heavy (non-hydrogen) atoms. The van der Waals surface area contributed by atoms with E-state index in [1.807, 2.05) is 49.4 Å². The summed E-state index contributed by atoms with van der Waals surface area (Å²) >= 11 is 1.44. The highest BCUT2D eigenvalue weighted by Crippen LogP contribution is 2.38. The standard InChI is InChI=1S/C25H26N2O4S/c1-17-8-10-19(11-9-17)31-16-22(28)26-24-23(25(29)30-2)20-12-13-27(15-21(20)32-24)14-18-6-4-3-5-7-18/h3-11H,12-16H2,1-2H3,(H,26,28). The third-order valence-electron chi connectivity index (χ3n) is 5.42. The van der Waals surface area contributed by atoms with Gasteiger partial charge in [-0.15, -0.1) is 11.3 Å². The minimum absolute atomic E-state index is 0.133. The second kappa shape index (κ2) is 9.97. The molecule has 1 aromatic heterocycles. The minimum atomic E-state index is -0.422. The van der Waals surface area contributed by atoms with Crippen molar-refractivity contribution in [2.24, 2.45) is 0 Å². The van der Waals surface area contributed by atoms with Crippen LogP contribution in [0.3, 0.4) is 0 Å². The maximum absolute atomic E-state index is 12.5. The largest absolute Gasteiger partial charge is 0.484 e. The number of thiophene rings is 1. The van der Waals surface area contributed by atoms with Crippen molar-refractivity contribution in [2.45, 2.75) is 26.4 Å². The number of fused-ring (bicyclic) bond motifs is 1. The molecule has 0 fully saturated rings. The molecule has 1 aliphatic rings. The highest BCUT2D eigenvalue weighted by atomic mass is 32.1. The zero-order valence-electron chi connectivity index (χ0n) is 18.2. The lowest BCUT2D eigenvalue weighted by molar-refractivity contribution is -0.118. The van der Waals surface area contributed by atoms with E-state index in [9.17, 15) is 9.59 Å². The Labute approximate surface area is 191 Å². The van der Waals surface area contributed by atoms with Crippen LogP contribution in [0.1, 0.15) is 31.9 Å². The number of rotatable bonds is 7. The van der Waals surface area contributed by atoms with E-state index in [0.29, 0.717) is 16.3 Å². The normalized spacial score (nSPS) is 13.3. The Balaban J connectivity index is 1.46. The summed E-state index contributed by atoms with van der Waals surface area (Å²) in [4.78, 5) is 28.5. The SMILES string of the molecule is COC(=O)c1c(NC(=O)COc2ccc(C)cc2)sc2c1CCN(Cc1ccccc1)C2. The molecule has 0 aliphatic carbocycles. The van der Waals surface area contributed by atoms with E-state index >= 15 is 0 Å². The van der Waals surface area contributed by atoms with Crippen LogP contribution in [0.2, 0.25) is 0 Å². The van der Waals surface area contributed by atoms with Crippen molar-refractivity contribution in [1.82, 2.24) is 4.90 Å². The molecule has 0 bridgehead atoms. The van der Waals surface area contributed by atoms with Gasteiger partial charge in [-0.2, -0.15) is 0 Å². The summed E-state index contributed by atoms with van der Waals surface area (Å²) in [6.45, 7) is 4.27. The highest BCUT2D eigenvalue weighted by molar-refractivity contribution is 7.17. The highest BCUT2D eigenvalue weighted by Gasteiger charge is 2.29. The third-order valence-corrected chi connectivity index (χ3v) is 6.55. The second-order valence-electron chi connectivity index (χ2n) is 7.80. The summed E-state index contributed by atoms with van der Waals surface area (Å²) in [5.41, 5.74) is 3.81. The van der Waals surface area contributed by atoms with Crippen LogP contribution >= 0.6 is 11.3 Å². The molecule has 7 heteroatoms. The van der Waals surface area contributed by atoms with Gasteiger partial charge >= 0.3 is 5.97 Å². The van der Waals surface area contributed by atoms with Crippen molar-refractivity contribution in [3.05, 3.63) is 81.7 Å². The molecular weight excluding hydrogens is 424 g/mol. The van der Waals surface area contributed by atoms with Crippen molar-refractivity contribution >= 4 is 28.2 Å². The number of amides is 1. The van der Waals surface area contributed by atoms with Crippen molar-refractivity contribution in [1.29, 1.82) is 0 Å². The Morgan fingerprint density at radius 2 is 1.84 bits per heavy atom. The lowest BCUT2D eigenvalue weighted by Gasteiger charge is -2.27. The molecule has 1 N–H and O–H groups in total. The number of nitrogens with one attached hydrogen (secondary N) is 1. The van der Waals surface area contributed by atoms with Gasteiger partial charge in [-0.25, -0.2) is 4.79 Å². The smallest absolute Gasteiger partial charge is 0.341 e. The van der Waals surface area contributed by atoms with Crippen LogP contribution in [0.15, 0.2) is 54.6 Å². The van der Waals surface area contributed by atoms with Crippen LogP contribution < -0.4 is 10.1 Å². The van der Waals surface area contributed by atoms with Gasteiger partial charge < -0.3 is 14.8 Å². The molecule has 2 aromatic carbocycles. The summed E-state index contributed by atoms with van der Waals surface area (Å²) in [6, 6.07) is 17.8. The van der Waals surface area contributed by atoms with Gasteiger partial charge in [-0.3, -0.25) is 9.69 Å². The van der Waals surface area contributed by atoms with E-state index in [2.05, 4.69) is 22.3 Å². The molecule has 4 rings (SSSR count). The number of benzene rings is 2. The number of esters is 1. The first-order chi connectivity index (χ1) is 15.5. The van der Waals surface area contributed by atoms with Crippen molar-refractivity contribution in [2.75, 3.05) is 25.6 Å². The van der Waals surface area contributed by atoms with E-state index in [-0.39, 0.29) is 12.5 Å². The first-order valence-corrected chi connectivity index (χ1v) is 11.3. The van der Waals surface area contributed by atoms with Gasteiger partial charge in [0, 0.05) is 24.5 Å². The zero-order chi connectivity index (χ0) is 22.5. The number of nitrogens with zero attached hydrogens (tertiary/aromatic N) is 1. The molecule has 0 saturated carbocycles. The molecule has 1 amide bonds. The van der Waals surface area contributed by atoms with E-state index in [1.54, 1.807) is 0 Å². The van der Waals surface area contributed by atoms with Crippen molar-refractivity contribution in [3.63, 3.8) is 0 Å². The molecule has 0 unspecified atom stereocenters. The molecule has 0 atom stereocenters. The van der Waals surface area contributed by atoms with E-state index in [1.165, 1.54) is 24.0 Å². The van der Waals surface area contributed by atoms with Crippen molar-refractivity contribution in [3.8, 4) is 5.75 Å². The fraction of sp³-hybridized carbons (Fsp3) is 0.280.